The number of hydrogen-bond acceptors (Lipinski definition) is 4. The number of halogens is 4. The van der Waals surface area contributed by atoms with Gasteiger partial charge in [-0.25, -0.2) is 0 Å². The van der Waals surface area contributed by atoms with Crippen molar-refractivity contribution in [2.24, 2.45) is 0 Å². The van der Waals surface area contributed by atoms with Gasteiger partial charge in [-0.3, -0.25) is 9.59 Å². The SMILES string of the molecule is O=C(/C=C/c1cc(Cl)c2c(c1)OCCO2)N1CCN(C(=O)c2ccc(C(F)(F)F)cc2)CC1. The highest BCUT2D eigenvalue weighted by Crippen LogP contribution is 2.38. The molecular formula is C23H20ClF3N2O4. The predicted octanol–water partition coefficient (Wildman–Crippen LogP) is 4.13. The topological polar surface area (TPSA) is 59.1 Å². The first-order valence-electron chi connectivity index (χ1n) is 10.2. The maximum atomic E-state index is 12.7. The van der Waals surface area contributed by atoms with Gasteiger partial charge in [-0.05, 0) is 48.0 Å². The van der Waals surface area contributed by atoms with Crippen LogP contribution in [0.4, 0.5) is 13.2 Å². The van der Waals surface area contributed by atoms with Gasteiger partial charge in [-0.15, -0.1) is 0 Å². The number of piperazine rings is 1. The molecule has 4 rings (SSSR count). The van der Waals surface area contributed by atoms with Crippen LogP contribution in [0.3, 0.4) is 0 Å². The largest absolute Gasteiger partial charge is 0.486 e. The maximum absolute atomic E-state index is 12.7. The van der Waals surface area contributed by atoms with Gasteiger partial charge in [0.25, 0.3) is 5.91 Å². The summed E-state index contributed by atoms with van der Waals surface area (Å²) in [6.07, 6.45) is -1.40. The zero-order valence-corrected chi connectivity index (χ0v) is 18.2. The molecule has 1 fully saturated rings. The summed E-state index contributed by atoms with van der Waals surface area (Å²) in [7, 11) is 0. The number of hydrogen-bond donors (Lipinski definition) is 0. The first kappa shape index (κ1) is 23.0. The Kier molecular flexibility index (Phi) is 6.51. The fourth-order valence-corrected chi connectivity index (χ4v) is 3.89. The van der Waals surface area contributed by atoms with E-state index in [0.29, 0.717) is 48.4 Å². The molecule has 33 heavy (non-hydrogen) atoms. The molecule has 0 atom stereocenters. The Morgan fingerprint density at radius 2 is 1.58 bits per heavy atom. The van der Waals surface area contributed by atoms with E-state index in [0.717, 1.165) is 12.1 Å². The third kappa shape index (κ3) is 5.24. The van der Waals surface area contributed by atoms with Crippen LogP contribution in [0.2, 0.25) is 5.02 Å². The van der Waals surface area contributed by atoms with E-state index in [1.807, 2.05) is 0 Å². The Hall–Kier alpha value is -3.20. The minimum Gasteiger partial charge on any atom is -0.486 e. The van der Waals surface area contributed by atoms with Crippen molar-refractivity contribution in [1.82, 2.24) is 9.80 Å². The number of carbonyl (C=O) groups excluding carboxylic acids is 2. The summed E-state index contributed by atoms with van der Waals surface area (Å²) in [4.78, 5) is 28.3. The van der Waals surface area contributed by atoms with Crippen molar-refractivity contribution in [3.63, 3.8) is 0 Å². The van der Waals surface area contributed by atoms with E-state index in [2.05, 4.69) is 0 Å². The second-order valence-corrected chi connectivity index (χ2v) is 7.96. The highest BCUT2D eigenvalue weighted by molar-refractivity contribution is 6.32. The zero-order chi connectivity index (χ0) is 23.6. The number of carbonyl (C=O) groups is 2. The molecular weight excluding hydrogens is 461 g/mol. The summed E-state index contributed by atoms with van der Waals surface area (Å²) in [6, 6.07) is 7.54. The molecule has 0 aromatic heterocycles. The Balaban J connectivity index is 1.33. The van der Waals surface area contributed by atoms with Crippen LogP contribution >= 0.6 is 11.6 Å². The number of ether oxygens (including phenoxy) is 2. The fraction of sp³-hybridized carbons (Fsp3) is 0.304. The number of alkyl halides is 3. The fourth-order valence-electron chi connectivity index (χ4n) is 3.61. The van der Waals surface area contributed by atoms with Crippen molar-refractivity contribution < 1.29 is 32.2 Å². The van der Waals surface area contributed by atoms with Gasteiger partial charge in [0.1, 0.15) is 13.2 Å². The molecule has 2 aliphatic heterocycles. The smallest absolute Gasteiger partial charge is 0.416 e. The normalized spacial score (nSPS) is 16.2. The highest BCUT2D eigenvalue weighted by Gasteiger charge is 2.31. The van der Waals surface area contributed by atoms with Crippen molar-refractivity contribution in [3.05, 3.63) is 64.2 Å². The predicted molar refractivity (Wildman–Crippen MR) is 115 cm³/mol. The molecule has 0 N–H and O–H groups in total. The second kappa shape index (κ2) is 9.35. The molecule has 2 amide bonds. The standard InChI is InChI=1S/C23H20ClF3N2O4/c24-18-13-15(14-19-21(18)33-12-11-32-19)1-6-20(30)28-7-9-29(10-8-28)22(31)16-2-4-17(5-3-16)23(25,26)27/h1-6,13-14H,7-12H2/b6-1+. The number of amides is 2. The molecule has 0 aliphatic carbocycles. The van der Waals surface area contributed by atoms with Gasteiger partial charge in [-0.1, -0.05) is 11.6 Å². The third-order valence-corrected chi connectivity index (χ3v) is 5.66. The lowest BCUT2D eigenvalue weighted by molar-refractivity contribution is -0.137. The summed E-state index contributed by atoms with van der Waals surface area (Å²) < 4.78 is 49.1. The van der Waals surface area contributed by atoms with Crippen LogP contribution in [-0.4, -0.2) is 61.0 Å². The van der Waals surface area contributed by atoms with Gasteiger partial charge in [0.15, 0.2) is 11.5 Å². The van der Waals surface area contributed by atoms with E-state index >= 15 is 0 Å². The van der Waals surface area contributed by atoms with Crippen molar-refractivity contribution in [1.29, 1.82) is 0 Å². The van der Waals surface area contributed by atoms with Crippen LogP contribution in [0, 0.1) is 0 Å². The Morgan fingerprint density at radius 1 is 0.939 bits per heavy atom. The monoisotopic (exact) mass is 480 g/mol. The Bertz CT molecular complexity index is 1080. The van der Waals surface area contributed by atoms with Crippen LogP contribution in [0.1, 0.15) is 21.5 Å². The number of nitrogens with zero attached hydrogens (tertiary/aromatic N) is 2. The molecule has 0 unspecified atom stereocenters. The highest BCUT2D eigenvalue weighted by atomic mass is 35.5. The van der Waals surface area contributed by atoms with E-state index in [4.69, 9.17) is 21.1 Å². The van der Waals surface area contributed by atoms with Crippen LogP contribution in [-0.2, 0) is 11.0 Å². The minimum absolute atomic E-state index is 0.179. The molecule has 2 aromatic carbocycles. The van der Waals surface area contributed by atoms with Crippen molar-refractivity contribution in [2.45, 2.75) is 6.18 Å². The van der Waals surface area contributed by atoms with Crippen molar-refractivity contribution in [3.8, 4) is 11.5 Å². The first-order valence-corrected chi connectivity index (χ1v) is 10.6. The van der Waals surface area contributed by atoms with Gasteiger partial charge in [0.05, 0.1) is 10.6 Å². The lowest BCUT2D eigenvalue weighted by atomic mass is 10.1. The molecule has 0 bridgehead atoms. The molecule has 10 heteroatoms. The molecule has 0 radical (unpaired) electrons. The molecule has 2 aromatic rings. The molecule has 174 valence electrons. The molecule has 2 aliphatic rings. The molecule has 6 nitrogen and oxygen atoms in total. The summed E-state index contributed by atoms with van der Waals surface area (Å²) in [5.74, 6) is 0.427. The first-order chi connectivity index (χ1) is 15.7. The lowest BCUT2D eigenvalue weighted by Crippen LogP contribution is -2.50. The van der Waals surface area contributed by atoms with E-state index < -0.39 is 11.7 Å². The minimum atomic E-state index is -4.45. The molecule has 0 saturated carbocycles. The second-order valence-electron chi connectivity index (χ2n) is 7.55. The average molecular weight is 481 g/mol. The van der Waals surface area contributed by atoms with E-state index in [-0.39, 0.29) is 30.5 Å². The van der Waals surface area contributed by atoms with Crippen LogP contribution < -0.4 is 9.47 Å². The van der Waals surface area contributed by atoms with Gasteiger partial charge >= 0.3 is 6.18 Å². The summed E-state index contributed by atoms with van der Waals surface area (Å²) in [5.41, 5.74) is 0.0624. The summed E-state index contributed by atoms with van der Waals surface area (Å²) in [5, 5.41) is 0.398. The number of rotatable bonds is 3. The Labute approximate surface area is 193 Å². The Morgan fingerprint density at radius 3 is 2.24 bits per heavy atom. The number of fused-ring (bicyclic) bond motifs is 1. The van der Waals surface area contributed by atoms with Crippen LogP contribution in [0.5, 0.6) is 11.5 Å². The molecule has 1 saturated heterocycles. The summed E-state index contributed by atoms with van der Waals surface area (Å²) >= 11 is 6.21. The third-order valence-electron chi connectivity index (χ3n) is 5.38. The van der Waals surface area contributed by atoms with Gasteiger partial charge < -0.3 is 19.3 Å². The van der Waals surface area contributed by atoms with Crippen molar-refractivity contribution >= 4 is 29.5 Å². The maximum Gasteiger partial charge on any atom is 0.416 e. The van der Waals surface area contributed by atoms with Crippen LogP contribution in [0.25, 0.3) is 6.08 Å². The van der Waals surface area contributed by atoms with Gasteiger partial charge in [0.2, 0.25) is 5.91 Å². The lowest BCUT2D eigenvalue weighted by Gasteiger charge is -2.34. The average Bonchev–Trinajstić information content (AvgIpc) is 2.82. The summed E-state index contributed by atoms with van der Waals surface area (Å²) in [6.45, 7) is 2.05. The number of benzene rings is 2. The molecule has 0 spiro atoms. The molecule has 2 heterocycles. The van der Waals surface area contributed by atoms with E-state index in [1.165, 1.54) is 23.1 Å². The van der Waals surface area contributed by atoms with Gasteiger partial charge in [0, 0.05) is 37.8 Å². The van der Waals surface area contributed by atoms with E-state index in [9.17, 15) is 22.8 Å². The van der Waals surface area contributed by atoms with Gasteiger partial charge in [-0.2, -0.15) is 13.2 Å². The quantitative estimate of drug-likeness (QED) is 0.620. The zero-order valence-electron chi connectivity index (χ0n) is 17.4. The van der Waals surface area contributed by atoms with E-state index in [1.54, 1.807) is 23.1 Å². The van der Waals surface area contributed by atoms with Crippen LogP contribution in [0.15, 0.2) is 42.5 Å². The van der Waals surface area contributed by atoms with Crippen molar-refractivity contribution in [2.75, 3.05) is 39.4 Å².